The lowest BCUT2D eigenvalue weighted by molar-refractivity contribution is 0.0110. The fourth-order valence-corrected chi connectivity index (χ4v) is 6.05. The number of hydrogen-bond acceptors (Lipinski definition) is 4. The summed E-state index contributed by atoms with van der Waals surface area (Å²) in [5.74, 6) is 1.80. The summed E-state index contributed by atoms with van der Waals surface area (Å²) in [4.78, 5) is 0. The predicted molar refractivity (Wildman–Crippen MR) is 123 cm³/mol. The van der Waals surface area contributed by atoms with E-state index in [4.69, 9.17) is 20.5 Å². The molecule has 2 atom stereocenters. The smallest absolute Gasteiger partial charge is 0.309 e. The molecule has 1 aromatic carbocycles. The minimum Gasteiger partial charge on any atom is -0.487 e. The maximum absolute atomic E-state index is 12.6. The Balaban J connectivity index is 2.07. The van der Waals surface area contributed by atoms with Crippen molar-refractivity contribution in [3.05, 3.63) is 34.9 Å². The van der Waals surface area contributed by atoms with Crippen LogP contribution in [0.2, 0.25) is 0 Å². The molecule has 0 bridgehead atoms. The van der Waals surface area contributed by atoms with E-state index in [0.29, 0.717) is 18.1 Å². The second-order valence-corrected chi connectivity index (χ2v) is 11.3. The van der Waals surface area contributed by atoms with Gasteiger partial charge in [-0.1, -0.05) is 31.4 Å². The Morgan fingerprint density at radius 1 is 1.23 bits per heavy atom. The molecule has 1 aliphatic carbocycles. The van der Waals surface area contributed by atoms with Crippen molar-refractivity contribution >= 4 is 21.7 Å². The molecule has 0 aromatic heterocycles. The minimum absolute atomic E-state index is 0.0827. The Bertz CT molecular complexity index is 889. The highest BCUT2D eigenvalue weighted by Gasteiger charge is 2.45. The van der Waals surface area contributed by atoms with Gasteiger partial charge in [0.2, 0.25) is 0 Å². The first-order chi connectivity index (χ1) is 14.2. The third-order valence-corrected chi connectivity index (χ3v) is 7.81. The number of hydrogen-bond donors (Lipinski definition) is 0. The van der Waals surface area contributed by atoms with Crippen LogP contribution in [0.1, 0.15) is 83.3 Å². The van der Waals surface area contributed by atoms with Crippen LogP contribution in [-0.4, -0.2) is 25.7 Å². The van der Waals surface area contributed by atoms with Crippen LogP contribution in [0.3, 0.4) is 0 Å². The van der Waals surface area contributed by atoms with Crippen molar-refractivity contribution in [3.8, 4) is 11.5 Å². The molecule has 0 spiro atoms. The highest BCUT2D eigenvalue weighted by atomic mass is 35.5. The van der Waals surface area contributed by atoms with Gasteiger partial charge in [0.1, 0.15) is 17.1 Å². The zero-order valence-corrected chi connectivity index (χ0v) is 20.2. The van der Waals surface area contributed by atoms with E-state index in [1.165, 1.54) is 5.57 Å². The number of ether oxygens (including phenoxy) is 1. The number of allylic oxidation sites excluding steroid dienone is 2. The van der Waals surface area contributed by atoms with Crippen LogP contribution in [0.4, 0.5) is 0 Å². The van der Waals surface area contributed by atoms with Crippen molar-refractivity contribution < 1.29 is 17.3 Å². The van der Waals surface area contributed by atoms with Gasteiger partial charge < -0.3 is 8.92 Å². The summed E-state index contributed by atoms with van der Waals surface area (Å²) in [6.45, 7) is 8.61. The zero-order chi connectivity index (χ0) is 21.9. The Hall–Kier alpha value is -1.20. The van der Waals surface area contributed by atoms with E-state index in [-0.39, 0.29) is 23.2 Å². The van der Waals surface area contributed by atoms with Crippen molar-refractivity contribution in [1.82, 2.24) is 0 Å². The van der Waals surface area contributed by atoms with Crippen molar-refractivity contribution in [3.63, 3.8) is 0 Å². The summed E-state index contributed by atoms with van der Waals surface area (Å²) in [6, 6.07) is 4.02. The molecule has 0 fully saturated rings. The van der Waals surface area contributed by atoms with Crippen LogP contribution >= 0.6 is 11.6 Å². The Labute approximate surface area is 187 Å². The second-order valence-electron chi connectivity index (χ2n) is 9.24. The molecule has 3 rings (SSSR count). The molecule has 0 saturated heterocycles. The van der Waals surface area contributed by atoms with Gasteiger partial charge in [-0.2, -0.15) is 8.42 Å². The van der Waals surface area contributed by atoms with Gasteiger partial charge in [0.15, 0.2) is 0 Å². The van der Waals surface area contributed by atoms with E-state index in [9.17, 15) is 8.42 Å². The molecule has 1 aromatic rings. The molecule has 0 N–H and O–H groups in total. The van der Waals surface area contributed by atoms with E-state index >= 15 is 0 Å². The number of fused-ring (bicyclic) bond motifs is 3. The average Bonchev–Trinajstić information content (AvgIpc) is 2.65. The second kappa shape index (κ2) is 9.52. The van der Waals surface area contributed by atoms with Gasteiger partial charge in [-0.25, -0.2) is 0 Å². The van der Waals surface area contributed by atoms with Gasteiger partial charge in [-0.05, 0) is 70.6 Å². The molecule has 6 heteroatoms. The third kappa shape index (κ3) is 5.34. The normalized spacial score (nSPS) is 22.5. The van der Waals surface area contributed by atoms with Crippen LogP contribution in [0, 0.1) is 5.92 Å². The average molecular weight is 455 g/mol. The van der Waals surface area contributed by atoms with Gasteiger partial charge >= 0.3 is 10.1 Å². The van der Waals surface area contributed by atoms with Gasteiger partial charge in [0, 0.05) is 23.3 Å². The molecule has 1 aliphatic heterocycles. The summed E-state index contributed by atoms with van der Waals surface area (Å²) >= 11 is 5.71. The van der Waals surface area contributed by atoms with Crippen molar-refractivity contribution in [2.45, 2.75) is 84.2 Å². The van der Waals surface area contributed by atoms with Gasteiger partial charge in [0.05, 0.1) is 5.75 Å². The largest absolute Gasteiger partial charge is 0.487 e. The summed E-state index contributed by atoms with van der Waals surface area (Å²) in [6.07, 6.45) is 8.94. The van der Waals surface area contributed by atoms with Gasteiger partial charge in [-0.3, -0.25) is 0 Å². The lowest BCUT2D eigenvalue weighted by Crippen LogP contribution is -2.45. The molecule has 2 aliphatic rings. The summed E-state index contributed by atoms with van der Waals surface area (Å²) in [7, 11) is -3.71. The molecular formula is C24H35ClO4S. The van der Waals surface area contributed by atoms with Crippen molar-refractivity contribution in [1.29, 1.82) is 0 Å². The van der Waals surface area contributed by atoms with Crippen molar-refractivity contribution in [2.24, 2.45) is 5.92 Å². The molecule has 1 heterocycles. The highest BCUT2D eigenvalue weighted by molar-refractivity contribution is 7.87. The topological polar surface area (TPSA) is 52.6 Å². The zero-order valence-electron chi connectivity index (χ0n) is 18.7. The number of alkyl halides is 1. The van der Waals surface area contributed by atoms with E-state index < -0.39 is 10.1 Å². The summed E-state index contributed by atoms with van der Waals surface area (Å²) < 4.78 is 37.5. The lowest BCUT2D eigenvalue weighted by Gasteiger charge is -2.46. The highest BCUT2D eigenvalue weighted by Crippen LogP contribution is 2.54. The standard InChI is InChI=1S/C24H35ClO4S/c1-5-6-7-9-18-15-21-23(22(16-18)29-30(26,27)13-8-12-25)19-14-17(2)10-11-20(19)24(3,4)28-21/h14-16,19-20H,5-13H2,1-4H3/t19-,20-/m1/s1. The third-order valence-electron chi connectivity index (χ3n) is 6.32. The number of benzene rings is 1. The first kappa shape index (κ1) is 23.5. The first-order valence-corrected chi connectivity index (χ1v) is 13.3. The van der Waals surface area contributed by atoms with Gasteiger partial charge in [-0.15, -0.1) is 11.6 Å². The molecular weight excluding hydrogens is 420 g/mol. The van der Waals surface area contributed by atoms with E-state index in [1.807, 2.05) is 6.07 Å². The molecule has 0 amide bonds. The van der Waals surface area contributed by atoms with Crippen LogP contribution in [0.25, 0.3) is 0 Å². The lowest BCUT2D eigenvalue weighted by atomic mass is 9.68. The number of halogens is 1. The first-order valence-electron chi connectivity index (χ1n) is 11.2. The fourth-order valence-electron chi connectivity index (χ4n) is 4.76. The van der Waals surface area contributed by atoms with E-state index in [2.05, 4.69) is 39.8 Å². The molecule has 168 valence electrons. The van der Waals surface area contributed by atoms with Gasteiger partial charge in [0.25, 0.3) is 0 Å². The number of unbranched alkanes of at least 4 members (excludes halogenated alkanes) is 2. The monoisotopic (exact) mass is 454 g/mol. The Morgan fingerprint density at radius 3 is 2.70 bits per heavy atom. The fraction of sp³-hybridized carbons (Fsp3) is 0.667. The molecule has 0 unspecified atom stereocenters. The number of rotatable bonds is 9. The van der Waals surface area contributed by atoms with Crippen molar-refractivity contribution in [2.75, 3.05) is 11.6 Å². The van der Waals surface area contributed by atoms with E-state index in [0.717, 1.165) is 55.4 Å². The Kier molecular flexibility index (Phi) is 7.44. The Morgan fingerprint density at radius 2 is 2.00 bits per heavy atom. The maximum atomic E-state index is 12.6. The molecule has 30 heavy (non-hydrogen) atoms. The van der Waals surface area contributed by atoms with Crippen LogP contribution in [-0.2, 0) is 16.5 Å². The SMILES string of the molecule is CCCCCc1cc2c(c(OS(=O)(=O)CCCCl)c1)[C@@H]1C=C(C)CC[C@H]1C(C)(C)O2. The minimum atomic E-state index is -3.71. The quantitative estimate of drug-likeness (QED) is 0.188. The number of aryl methyl sites for hydroxylation is 1. The predicted octanol–water partition coefficient (Wildman–Crippen LogP) is 6.37. The summed E-state index contributed by atoms with van der Waals surface area (Å²) in [5.41, 5.74) is 2.97. The molecule has 0 saturated carbocycles. The molecule has 0 radical (unpaired) electrons. The molecule has 4 nitrogen and oxygen atoms in total. The van der Waals surface area contributed by atoms with Crippen LogP contribution < -0.4 is 8.92 Å². The van der Waals surface area contributed by atoms with Crippen LogP contribution in [0.15, 0.2) is 23.8 Å². The van der Waals surface area contributed by atoms with Crippen LogP contribution in [0.5, 0.6) is 11.5 Å². The maximum Gasteiger partial charge on any atom is 0.309 e. The van der Waals surface area contributed by atoms with E-state index in [1.54, 1.807) is 0 Å². The summed E-state index contributed by atoms with van der Waals surface area (Å²) in [5, 5.41) is 0.